The molecule has 1 aromatic rings. The van der Waals surface area contributed by atoms with E-state index >= 15 is 0 Å². The van der Waals surface area contributed by atoms with Crippen LogP contribution < -0.4 is 10.6 Å². The van der Waals surface area contributed by atoms with Crippen LogP contribution in [0.5, 0.6) is 0 Å². The highest BCUT2D eigenvalue weighted by atomic mass is 35.5. The van der Waals surface area contributed by atoms with Crippen LogP contribution in [0.4, 0.5) is 5.69 Å². The van der Waals surface area contributed by atoms with Crippen LogP contribution in [0.3, 0.4) is 0 Å². The van der Waals surface area contributed by atoms with Crippen molar-refractivity contribution in [1.29, 1.82) is 0 Å². The molecule has 2 N–H and O–H groups in total. The molecule has 0 radical (unpaired) electrons. The number of nitrogens with one attached hydrogen (secondary N) is 2. The number of amides is 2. The number of nitrogens with zero attached hydrogens (tertiary/aromatic N) is 2. The number of hydrogen-bond acceptors (Lipinski definition) is 4. The minimum absolute atomic E-state index is 0.0369. The number of piperazine rings is 1. The van der Waals surface area contributed by atoms with Crippen molar-refractivity contribution in [3.8, 4) is 0 Å². The van der Waals surface area contributed by atoms with E-state index in [1.54, 1.807) is 18.2 Å². The maximum atomic E-state index is 12.5. The third kappa shape index (κ3) is 6.13. The van der Waals surface area contributed by atoms with E-state index in [4.69, 9.17) is 23.2 Å². The topological polar surface area (TPSA) is 64.7 Å². The molecule has 0 aliphatic carbocycles. The van der Waals surface area contributed by atoms with Crippen LogP contribution in [0.2, 0.25) is 10.0 Å². The summed E-state index contributed by atoms with van der Waals surface area (Å²) in [4.78, 5) is 28.6. The lowest BCUT2D eigenvalue weighted by molar-refractivity contribution is -0.125. The van der Waals surface area contributed by atoms with E-state index in [1.807, 2.05) is 20.8 Å². The molecular formula is C18H26Cl2N4O2. The van der Waals surface area contributed by atoms with E-state index in [0.717, 1.165) is 26.2 Å². The van der Waals surface area contributed by atoms with Crippen molar-refractivity contribution in [1.82, 2.24) is 15.1 Å². The van der Waals surface area contributed by atoms with Crippen molar-refractivity contribution < 1.29 is 9.59 Å². The standard InChI is InChI=1S/C18H26Cl2N4O2/c1-12(2)21-17(25)11-23-6-8-24(9-7-23)13(3)18(26)22-16-10-14(19)4-5-15(16)20/h4-5,10,12-13H,6-9,11H2,1-3H3,(H,21,25)(H,22,26)/t13-/m1/s1. The molecule has 2 rings (SSSR count). The van der Waals surface area contributed by atoms with Crippen molar-refractivity contribution in [2.24, 2.45) is 0 Å². The summed E-state index contributed by atoms with van der Waals surface area (Å²) in [7, 11) is 0. The van der Waals surface area contributed by atoms with Gasteiger partial charge < -0.3 is 10.6 Å². The van der Waals surface area contributed by atoms with Crippen molar-refractivity contribution in [3.63, 3.8) is 0 Å². The molecule has 1 heterocycles. The lowest BCUT2D eigenvalue weighted by atomic mass is 10.2. The molecule has 2 amide bonds. The molecule has 26 heavy (non-hydrogen) atoms. The first-order valence-corrected chi connectivity index (χ1v) is 9.53. The van der Waals surface area contributed by atoms with Gasteiger partial charge in [0.1, 0.15) is 0 Å². The summed E-state index contributed by atoms with van der Waals surface area (Å²) in [5.74, 6) is -0.0880. The van der Waals surface area contributed by atoms with E-state index in [9.17, 15) is 9.59 Å². The van der Waals surface area contributed by atoms with Gasteiger partial charge in [-0.2, -0.15) is 0 Å². The van der Waals surface area contributed by atoms with E-state index in [1.165, 1.54) is 0 Å². The van der Waals surface area contributed by atoms with E-state index in [-0.39, 0.29) is 23.9 Å². The van der Waals surface area contributed by atoms with Crippen molar-refractivity contribution in [3.05, 3.63) is 28.2 Å². The molecule has 1 aromatic carbocycles. The SMILES string of the molecule is CC(C)NC(=O)CN1CCN([C@H](C)C(=O)Nc2cc(Cl)ccc2Cl)CC1. The van der Waals surface area contributed by atoms with Gasteiger partial charge in [0, 0.05) is 37.2 Å². The van der Waals surface area contributed by atoms with Gasteiger partial charge in [-0.3, -0.25) is 19.4 Å². The van der Waals surface area contributed by atoms with Gasteiger partial charge in [0.15, 0.2) is 0 Å². The molecule has 1 saturated heterocycles. The van der Waals surface area contributed by atoms with Gasteiger partial charge in [0.05, 0.1) is 23.3 Å². The highest BCUT2D eigenvalue weighted by Gasteiger charge is 2.26. The number of carbonyl (C=O) groups is 2. The fourth-order valence-corrected chi connectivity index (χ4v) is 3.21. The summed E-state index contributed by atoms with van der Waals surface area (Å²) in [6.45, 7) is 9.12. The Morgan fingerprint density at radius 2 is 1.77 bits per heavy atom. The van der Waals surface area contributed by atoms with Crippen LogP contribution >= 0.6 is 23.2 Å². The minimum Gasteiger partial charge on any atom is -0.353 e. The maximum absolute atomic E-state index is 12.5. The Balaban J connectivity index is 1.83. The summed E-state index contributed by atoms with van der Waals surface area (Å²) in [5.41, 5.74) is 0.514. The average Bonchev–Trinajstić information content (AvgIpc) is 2.57. The normalized spacial score (nSPS) is 17.2. The lowest BCUT2D eigenvalue weighted by Gasteiger charge is -2.37. The molecule has 1 aliphatic rings. The number of halogens is 2. The molecule has 1 fully saturated rings. The van der Waals surface area contributed by atoms with Gasteiger partial charge in [0.2, 0.25) is 11.8 Å². The predicted molar refractivity (Wildman–Crippen MR) is 106 cm³/mol. The minimum atomic E-state index is -0.295. The molecule has 1 aliphatic heterocycles. The first-order valence-electron chi connectivity index (χ1n) is 8.78. The Kier molecular flexibility index (Phi) is 7.70. The largest absolute Gasteiger partial charge is 0.353 e. The zero-order valence-electron chi connectivity index (χ0n) is 15.4. The van der Waals surface area contributed by atoms with Gasteiger partial charge in [-0.1, -0.05) is 23.2 Å². The van der Waals surface area contributed by atoms with Gasteiger partial charge in [-0.15, -0.1) is 0 Å². The maximum Gasteiger partial charge on any atom is 0.241 e. The van der Waals surface area contributed by atoms with Crippen LogP contribution in [0.1, 0.15) is 20.8 Å². The molecule has 6 nitrogen and oxygen atoms in total. The second-order valence-electron chi connectivity index (χ2n) is 6.82. The summed E-state index contributed by atoms with van der Waals surface area (Å²) in [6, 6.07) is 4.82. The summed E-state index contributed by atoms with van der Waals surface area (Å²) in [5, 5.41) is 6.71. The third-order valence-corrected chi connectivity index (χ3v) is 4.90. The van der Waals surface area contributed by atoms with Gasteiger partial charge in [-0.05, 0) is 39.0 Å². The molecule has 0 bridgehead atoms. The van der Waals surface area contributed by atoms with Crippen molar-refractivity contribution >= 4 is 40.7 Å². The average molecular weight is 401 g/mol. The molecule has 1 atom stereocenters. The first kappa shape index (κ1) is 21.0. The molecule has 0 unspecified atom stereocenters. The van der Waals surface area contributed by atoms with Crippen LogP contribution in [-0.2, 0) is 9.59 Å². The smallest absolute Gasteiger partial charge is 0.241 e. The Labute approximate surface area is 164 Å². The molecule has 0 spiro atoms. The van der Waals surface area contributed by atoms with E-state index in [2.05, 4.69) is 20.4 Å². The highest BCUT2D eigenvalue weighted by Crippen LogP contribution is 2.25. The second-order valence-corrected chi connectivity index (χ2v) is 7.67. The zero-order valence-corrected chi connectivity index (χ0v) is 16.9. The van der Waals surface area contributed by atoms with E-state index < -0.39 is 0 Å². The Hall–Kier alpha value is -1.34. The highest BCUT2D eigenvalue weighted by molar-refractivity contribution is 6.35. The van der Waals surface area contributed by atoms with Gasteiger partial charge >= 0.3 is 0 Å². The molecule has 8 heteroatoms. The molecular weight excluding hydrogens is 375 g/mol. The summed E-state index contributed by atoms with van der Waals surface area (Å²) >= 11 is 12.1. The molecule has 0 aromatic heterocycles. The number of carbonyl (C=O) groups excluding carboxylic acids is 2. The first-order chi connectivity index (χ1) is 12.3. The number of hydrogen-bond donors (Lipinski definition) is 2. The fourth-order valence-electron chi connectivity index (χ4n) is 2.88. The summed E-state index contributed by atoms with van der Waals surface area (Å²) < 4.78 is 0. The van der Waals surface area contributed by atoms with Gasteiger partial charge in [-0.25, -0.2) is 0 Å². The monoisotopic (exact) mass is 400 g/mol. The summed E-state index contributed by atoms with van der Waals surface area (Å²) in [6.07, 6.45) is 0. The van der Waals surface area contributed by atoms with Crippen molar-refractivity contribution in [2.75, 3.05) is 38.0 Å². The Morgan fingerprint density at radius 1 is 1.12 bits per heavy atom. The number of rotatable bonds is 6. The zero-order chi connectivity index (χ0) is 19.3. The molecule has 0 saturated carbocycles. The quantitative estimate of drug-likeness (QED) is 0.769. The molecule has 144 valence electrons. The van der Waals surface area contributed by atoms with Crippen LogP contribution in [0.15, 0.2) is 18.2 Å². The Bertz CT molecular complexity index is 646. The van der Waals surface area contributed by atoms with E-state index in [0.29, 0.717) is 22.3 Å². The predicted octanol–water partition coefficient (Wildman–Crippen LogP) is 2.46. The van der Waals surface area contributed by atoms with Gasteiger partial charge in [0.25, 0.3) is 0 Å². The van der Waals surface area contributed by atoms with Crippen LogP contribution in [-0.4, -0.2) is 66.4 Å². The third-order valence-electron chi connectivity index (χ3n) is 4.34. The lowest BCUT2D eigenvalue weighted by Crippen LogP contribution is -2.54. The number of anilines is 1. The van der Waals surface area contributed by atoms with Crippen LogP contribution in [0, 0.1) is 0 Å². The van der Waals surface area contributed by atoms with Crippen molar-refractivity contribution in [2.45, 2.75) is 32.9 Å². The Morgan fingerprint density at radius 3 is 2.38 bits per heavy atom. The van der Waals surface area contributed by atoms with Crippen LogP contribution in [0.25, 0.3) is 0 Å². The fraction of sp³-hybridized carbons (Fsp3) is 0.556. The number of benzene rings is 1. The second kappa shape index (κ2) is 9.55.